The minimum atomic E-state index is -0.385. The lowest BCUT2D eigenvalue weighted by Gasteiger charge is -2.29. The lowest BCUT2D eigenvalue weighted by Crippen LogP contribution is -2.53. The minimum absolute atomic E-state index is 0.0318. The van der Waals surface area contributed by atoms with E-state index in [0.29, 0.717) is 0 Å². The molecule has 1 aromatic heterocycles. The first-order valence-electron chi connectivity index (χ1n) is 8.21. The van der Waals surface area contributed by atoms with Gasteiger partial charge in [0.15, 0.2) is 0 Å². The molecule has 120 valence electrons. The minimum Gasteiger partial charge on any atom is -0.350 e. The third-order valence-electron chi connectivity index (χ3n) is 4.79. The topological polar surface area (TPSA) is 76.0 Å². The van der Waals surface area contributed by atoms with Gasteiger partial charge >= 0.3 is 0 Å². The average molecular weight is 304 g/mol. The highest BCUT2D eigenvalue weighted by molar-refractivity contribution is 5.87. The number of aryl methyl sites for hydroxylation is 1. The van der Waals surface area contributed by atoms with Gasteiger partial charge in [0.1, 0.15) is 11.9 Å². The molecule has 6 nitrogen and oxygen atoms in total. The van der Waals surface area contributed by atoms with Crippen molar-refractivity contribution in [1.29, 1.82) is 0 Å². The third-order valence-corrected chi connectivity index (χ3v) is 4.79. The van der Waals surface area contributed by atoms with Crippen LogP contribution in [0.25, 0.3) is 0 Å². The van der Waals surface area contributed by atoms with Crippen molar-refractivity contribution in [2.75, 3.05) is 0 Å². The van der Waals surface area contributed by atoms with Gasteiger partial charge in [-0.2, -0.15) is 0 Å². The molecule has 0 saturated heterocycles. The van der Waals surface area contributed by atoms with E-state index in [1.54, 1.807) is 6.20 Å². The molecule has 2 heterocycles. The molecular formula is C16H24N4O2. The Kier molecular flexibility index (Phi) is 4.45. The standard InChI is InChI=1S/C16H24N4O2/c1-11(21)18-15(12-4-2-3-5-12)16(22)19-13-6-7-14-17-8-9-20(14)10-13/h8-9,12-13,15H,2-7,10H2,1H3,(H,18,21)(H,19,22)/t13-,15+/m0/s1. The number of nitrogens with one attached hydrogen (secondary N) is 2. The number of rotatable bonds is 4. The number of fused-ring (bicyclic) bond motifs is 1. The Balaban J connectivity index is 1.62. The summed E-state index contributed by atoms with van der Waals surface area (Å²) in [5, 5.41) is 5.98. The molecule has 6 heteroatoms. The zero-order valence-corrected chi connectivity index (χ0v) is 13.0. The quantitative estimate of drug-likeness (QED) is 0.871. The molecule has 2 aliphatic rings. The van der Waals surface area contributed by atoms with Crippen LogP contribution in [0, 0.1) is 5.92 Å². The molecule has 2 N–H and O–H groups in total. The van der Waals surface area contributed by atoms with E-state index >= 15 is 0 Å². The van der Waals surface area contributed by atoms with Crippen LogP contribution in [0.2, 0.25) is 0 Å². The first kappa shape index (κ1) is 15.1. The fourth-order valence-electron chi connectivity index (χ4n) is 3.68. The van der Waals surface area contributed by atoms with Gasteiger partial charge in [0, 0.05) is 38.3 Å². The van der Waals surface area contributed by atoms with Crippen molar-refractivity contribution >= 4 is 11.8 Å². The molecule has 1 aliphatic heterocycles. The number of imidazole rings is 1. The molecule has 1 saturated carbocycles. The molecule has 0 bridgehead atoms. The highest BCUT2D eigenvalue weighted by Crippen LogP contribution is 2.28. The molecule has 1 aliphatic carbocycles. The molecular weight excluding hydrogens is 280 g/mol. The Labute approximate surface area is 130 Å². The fraction of sp³-hybridized carbons (Fsp3) is 0.688. The van der Waals surface area contributed by atoms with Crippen LogP contribution in [0.15, 0.2) is 12.4 Å². The number of nitrogens with zero attached hydrogens (tertiary/aromatic N) is 2. The molecule has 2 atom stereocenters. The van der Waals surface area contributed by atoms with Crippen LogP contribution in [-0.4, -0.2) is 33.4 Å². The number of carbonyl (C=O) groups excluding carboxylic acids is 2. The van der Waals surface area contributed by atoms with Crippen LogP contribution in [0.3, 0.4) is 0 Å². The fourth-order valence-corrected chi connectivity index (χ4v) is 3.68. The Morgan fingerprint density at radius 2 is 2.09 bits per heavy atom. The normalized spacial score (nSPS) is 22.9. The summed E-state index contributed by atoms with van der Waals surface area (Å²) in [4.78, 5) is 28.4. The van der Waals surface area contributed by atoms with Gasteiger partial charge < -0.3 is 15.2 Å². The number of hydrogen-bond acceptors (Lipinski definition) is 3. The smallest absolute Gasteiger partial charge is 0.243 e. The van der Waals surface area contributed by atoms with Crippen LogP contribution in [0.1, 0.15) is 44.9 Å². The number of carbonyl (C=O) groups is 2. The van der Waals surface area contributed by atoms with Crippen molar-refractivity contribution in [3.8, 4) is 0 Å². The highest BCUT2D eigenvalue weighted by Gasteiger charge is 2.32. The number of aromatic nitrogens is 2. The van der Waals surface area contributed by atoms with Crippen molar-refractivity contribution in [2.24, 2.45) is 5.92 Å². The molecule has 0 unspecified atom stereocenters. The maximum Gasteiger partial charge on any atom is 0.243 e. The Morgan fingerprint density at radius 3 is 2.82 bits per heavy atom. The van der Waals surface area contributed by atoms with E-state index in [1.807, 2.05) is 6.20 Å². The van der Waals surface area contributed by atoms with E-state index in [1.165, 1.54) is 6.92 Å². The maximum atomic E-state index is 12.6. The lowest BCUT2D eigenvalue weighted by molar-refractivity contribution is -0.130. The number of hydrogen-bond donors (Lipinski definition) is 2. The Bertz CT molecular complexity index is 548. The molecule has 1 fully saturated rings. The van der Waals surface area contributed by atoms with Gasteiger partial charge in [0.05, 0.1) is 0 Å². The third kappa shape index (κ3) is 3.31. The second kappa shape index (κ2) is 6.50. The zero-order valence-electron chi connectivity index (χ0n) is 13.0. The predicted molar refractivity (Wildman–Crippen MR) is 82.0 cm³/mol. The summed E-state index contributed by atoms with van der Waals surface area (Å²) in [6.07, 6.45) is 9.88. The van der Waals surface area contributed by atoms with E-state index < -0.39 is 0 Å². The second-order valence-electron chi connectivity index (χ2n) is 6.46. The molecule has 1 aromatic rings. The molecule has 0 radical (unpaired) electrons. The van der Waals surface area contributed by atoms with Crippen molar-refractivity contribution in [3.05, 3.63) is 18.2 Å². The van der Waals surface area contributed by atoms with E-state index in [4.69, 9.17) is 0 Å². The monoisotopic (exact) mass is 304 g/mol. The summed E-state index contributed by atoms with van der Waals surface area (Å²) in [5.41, 5.74) is 0. The van der Waals surface area contributed by atoms with Crippen LogP contribution < -0.4 is 10.6 Å². The van der Waals surface area contributed by atoms with Crippen molar-refractivity contribution in [1.82, 2.24) is 20.2 Å². The SMILES string of the molecule is CC(=O)N[C@@H](C(=O)N[C@H]1CCc2nccn2C1)C1CCCC1. The Morgan fingerprint density at radius 1 is 1.32 bits per heavy atom. The van der Waals surface area contributed by atoms with Crippen molar-refractivity contribution < 1.29 is 9.59 Å². The van der Waals surface area contributed by atoms with E-state index in [0.717, 1.165) is 50.9 Å². The van der Waals surface area contributed by atoms with Gasteiger partial charge in [-0.15, -0.1) is 0 Å². The van der Waals surface area contributed by atoms with E-state index in [-0.39, 0.29) is 29.8 Å². The summed E-state index contributed by atoms with van der Waals surface area (Å²) in [6, 6.07) is -0.268. The maximum absolute atomic E-state index is 12.6. The summed E-state index contributed by atoms with van der Waals surface area (Å²) < 4.78 is 2.09. The first-order valence-corrected chi connectivity index (χ1v) is 8.21. The molecule has 22 heavy (non-hydrogen) atoms. The molecule has 3 rings (SSSR count). The molecule has 2 amide bonds. The van der Waals surface area contributed by atoms with Crippen molar-refractivity contribution in [3.63, 3.8) is 0 Å². The van der Waals surface area contributed by atoms with Gasteiger partial charge in [-0.1, -0.05) is 12.8 Å². The Hall–Kier alpha value is -1.85. The van der Waals surface area contributed by atoms with Crippen LogP contribution >= 0.6 is 0 Å². The highest BCUT2D eigenvalue weighted by atomic mass is 16.2. The molecule has 0 aromatic carbocycles. The van der Waals surface area contributed by atoms with Crippen LogP contribution in [-0.2, 0) is 22.6 Å². The van der Waals surface area contributed by atoms with Gasteiger partial charge in [-0.25, -0.2) is 4.98 Å². The lowest BCUT2D eigenvalue weighted by atomic mass is 9.96. The zero-order chi connectivity index (χ0) is 15.5. The number of amides is 2. The van der Waals surface area contributed by atoms with E-state index in [2.05, 4.69) is 20.2 Å². The van der Waals surface area contributed by atoms with Gasteiger partial charge in [0.25, 0.3) is 0 Å². The largest absolute Gasteiger partial charge is 0.350 e. The van der Waals surface area contributed by atoms with Gasteiger partial charge in [0.2, 0.25) is 11.8 Å². The van der Waals surface area contributed by atoms with E-state index in [9.17, 15) is 9.59 Å². The summed E-state index contributed by atoms with van der Waals surface area (Å²) in [5.74, 6) is 1.19. The van der Waals surface area contributed by atoms with Crippen LogP contribution in [0.4, 0.5) is 0 Å². The second-order valence-corrected chi connectivity index (χ2v) is 6.46. The summed E-state index contributed by atoms with van der Waals surface area (Å²) >= 11 is 0. The average Bonchev–Trinajstić information content (AvgIpc) is 3.15. The predicted octanol–water partition coefficient (Wildman–Crippen LogP) is 1.01. The first-order chi connectivity index (χ1) is 10.6. The van der Waals surface area contributed by atoms with Crippen LogP contribution in [0.5, 0.6) is 0 Å². The molecule has 0 spiro atoms. The van der Waals surface area contributed by atoms with Crippen molar-refractivity contribution in [2.45, 2.75) is 64.1 Å². The van der Waals surface area contributed by atoms with Gasteiger partial charge in [-0.05, 0) is 25.2 Å². The van der Waals surface area contributed by atoms with Gasteiger partial charge in [-0.3, -0.25) is 9.59 Å². The summed E-state index contributed by atoms with van der Waals surface area (Å²) in [7, 11) is 0. The summed E-state index contributed by atoms with van der Waals surface area (Å²) in [6.45, 7) is 2.24.